The molecule has 0 unspecified atom stereocenters. The standard InChI is InChI=1S/C12H8N4O2/c1-16-6-14-11(9(16)5-13)7-2-3-10-8(4-7)15-12(17)18-10/h2-4,6H,1H3,(H,15,17). The lowest BCUT2D eigenvalue weighted by molar-refractivity contribution is 0.555. The summed E-state index contributed by atoms with van der Waals surface area (Å²) in [5.74, 6) is -0.497. The summed E-state index contributed by atoms with van der Waals surface area (Å²) < 4.78 is 6.57. The maximum absolute atomic E-state index is 11.1. The van der Waals surface area contributed by atoms with Crippen molar-refractivity contribution >= 4 is 11.1 Å². The van der Waals surface area contributed by atoms with Crippen molar-refractivity contribution < 1.29 is 4.42 Å². The predicted octanol–water partition coefficient (Wildman–Crippen LogP) is 1.39. The molecule has 0 bridgehead atoms. The van der Waals surface area contributed by atoms with Gasteiger partial charge in [0.1, 0.15) is 17.5 Å². The highest BCUT2D eigenvalue weighted by Crippen LogP contribution is 2.24. The summed E-state index contributed by atoms with van der Waals surface area (Å²) in [6.45, 7) is 0. The Morgan fingerprint density at radius 2 is 2.33 bits per heavy atom. The average molecular weight is 240 g/mol. The predicted molar refractivity (Wildman–Crippen MR) is 63.8 cm³/mol. The van der Waals surface area contributed by atoms with Gasteiger partial charge in [-0.25, -0.2) is 9.78 Å². The molecule has 0 aliphatic carbocycles. The Bertz CT molecular complexity index is 832. The molecule has 3 aromatic rings. The summed E-state index contributed by atoms with van der Waals surface area (Å²) in [4.78, 5) is 17.8. The van der Waals surface area contributed by atoms with Crippen molar-refractivity contribution in [3.63, 3.8) is 0 Å². The molecule has 6 nitrogen and oxygen atoms in total. The maximum atomic E-state index is 11.1. The van der Waals surface area contributed by atoms with Gasteiger partial charge in [0.15, 0.2) is 5.58 Å². The summed E-state index contributed by atoms with van der Waals surface area (Å²) >= 11 is 0. The number of imidazole rings is 1. The number of hydrogen-bond donors (Lipinski definition) is 1. The van der Waals surface area contributed by atoms with E-state index in [0.717, 1.165) is 5.56 Å². The molecule has 0 amide bonds. The molecule has 0 aliphatic rings. The number of H-pyrrole nitrogens is 1. The molecule has 88 valence electrons. The number of aromatic amines is 1. The number of aromatic nitrogens is 3. The number of fused-ring (bicyclic) bond motifs is 1. The molecule has 0 spiro atoms. The van der Waals surface area contributed by atoms with E-state index in [1.807, 2.05) is 0 Å². The van der Waals surface area contributed by atoms with E-state index in [1.165, 1.54) is 0 Å². The first kappa shape index (κ1) is 10.4. The van der Waals surface area contributed by atoms with Gasteiger partial charge in [0.2, 0.25) is 0 Å². The monoisotopic (exact) mass is 240 g/mol. The van der Waals surface area contributed by atoms with Crippen LogP contribution in [-0.4, -0.2) is 14.5 Å². The molecule has 3 rings (SSSR count). The topological polar surface area (TPSA) is 87.6 Å². The number of aryl methyl sites for hydroxylation is 1. The molecule has 0 atom stereocenters. The summed E-state index contributed by atoms with van der Waals surface area (Å²) in [7, 11) is 1.76. The molecule has 0 radical (unpaired) electrons. The number of benzene rings is 1. The Kier molecular flexibility index (Phi) is 2.07. The fourth-order valence-corrected chi connectivity index (χ4v) is 1.87. The van der Waals surface area contributed by atoms with Gasteiger partial charge >= 0.3 is 5.76 Å². The molecule has 0 aliphatic heterocycles. The van der Waals surface area contributed by atoms with E-state index in [2.05, 4.69) is 16.0 Å². The van der Waals surface area contributed by atoms with Gasteiger partial charge in [0, 0.05) is 12.6 Å². The minimum atomic E-state index is -0.497. The van der Waals surface area contributed by atoms with Crippen LogP contribution in [0.1, 0.15) is 5.69 Å². The fraction of sp³-hybridized carbons (Fsp3) is 0.0833. The van der Waals surface area contributed by atoms with Gasteiger partial charge in [-0.15, -0.1) is 0 Å². The van der Waals surface area contributed by atoms with E-state index in [0.29, 0.717) is 22.5 Å². The molecule has 0 saturated heterocycles. The number of nitrogens with one attached hydrogen (secondary N) is 1. The van der Waals surface area contributed by atoms with Crippen LogP contribution in [0, 0.1) is 11.3 Å². The highest BCUT2D eigenvalue weighted by Gasteiger charge is 2.12. The summed E-state index contributed by atoms with van der Waals surface area (Å²) in [6.07, 6.45) is 1.58. The first-order valence-electron chi connectivity index (χ1n) is 5.23. The molecule has 2 aromatic heterocycles. The summed E-state index contributed by atoms with van der Waals surface area (Å²) in [6, 6.07) is 7.29. The van der Waals surface area contributed by atoms with Crippen LogP contribution in [0.2, 0.25) is 0 Å². The molecule has 0 saturated carbocycles. The van der Waals surface area contributed by atoms with Crippen LogP contribution in [0.25, 0.3) is 22.4 Å². The van der Waals surface area contributed by atoms with Gasteiger partial charge in [0.25, 0.3) is 0 Å². The lowest BCUT2D eigenvalue weighted by Crippen LogP contribution is -1.93. The largest absolute Gasteiger partial charge is 0.417 e. The second kappa shape index (κ2) is 3.60. The van der Waals surface area contributed by atoms with Crippen molar-refractivity contribution in [1.82, 2.24) is 14.5 Å². The number of nitriles is 1. The van der Waals surface area contributed by atoms with E-state index in [4.69, 9.17) is 9.68 Å². The SMILES string of the molecule is Cn1cnc(-c2ccc3oc(=O)[nH]c3c2)c1C#N. The Balaban J connectivity index is 2.25. The van der Waals surface area contributed by atoms with Crippen LogP contribution in [0.4, 0.5) is 0 Å². The highest BCUT2D eigenvalue weighted by atomic mass is 16.4. The van der Waals surface area contributed by atoms with Crippen LogP contribution < -0.4 is 5.76 Å². The third kappa shape index (κ3) is 1.42. The van der Waals surface area contributed by atoms with E-state index >= 15 is 0 Å². The van der Waals surface area contributed by atoms with Crippen LogP contribution in [0.3, 0.4) is 0 Å². The Morgan fingerprint density at radius 3 is 3.11 bits per heavy atom. The van der Waals surface area contributed by atoms with Gasteiger partial charge in [-0.05, 0) is 18.2 Å². The zero-order valence-electron chi connectivity index (χ0n) is 9.47. The van der Waals surface area contributed by atoms with Crippen molar-refractivity contribution in [3.8, 4) is 17.3 Å². The van der Waals surface area contributed by atoms with E-state index in [1.54, 1.807) is 36.1 Å². The molecule has 1 N–H and O–H groups in total. The number of rotatable bonds is 1. The average Bonchev–Trinajstić information content (AvgIpc) is 2.89. The van der Waals surface area contributed by atoms with Gasteiger partial charge in [-0.1, -0.05) is 0 Å². The summed E-state index contributed by atoms with van der Waals surface area (Å²) in [5, 5.41) is 9.08. The molecule has 1 aromatic carbocycles. The first-order chi connectivity index (χ1) is 8.69. The Morgan fingerprint density at radius 1 is 1.50 bits per heavy atom. The Hall–Kier alpha value is -2.81. The zero-order valence-corrected chi connectivity index (χ0v) is 9.47. The van der Waals surface area contributed by atoms with Crippen molar-refractivity contribution in [2.75, 3.05) is 0 Å². The van der Waals surface area contributed by atoms with E-state index in [-0.39, 0.29) is 0 Å². The van der Waals surface area contributed by atoms with E-state index < -0.39 is 5.76 Å². The van der Waals surface area contributed by atoms with Gasteiger partial charge < -0.3 is 8.98 Å². The second-order valence-electron chi connectivity index (χ2n) is 3.89. The highest BCUT2D eigenvalue weighted by molar-refractivity contribution is 5.80. The number of hydrogen-bond acceptors (Lipinski definition) is 4. The summed E-state index contributed by atoms with van der Waals surface area (Å²) in [5.41, 5.74) is 2.89. The van der Waals surface area contributed by atoms with Crippen molar-refractivity contribution in [2.24, 2.45) is 7.05 Å². The van der Waals surface area contributed by atoms with Crippen LogP contribution in [-0.2, 0) is 7.05 Å². The van der Waals surface area contributed by atoms with Crippen LogP contribution >= 0.6 is 0 Å². The van der Waals surface area contributed by atoms with Gasteiger partial charge in [-0.2, -0.15) is 5.26 Å². The van der Waals surface area contributed by atoms with Crippen molar-refractivity contribution in [2.45, 2.75) is 0 Å². The third-order valence-corrected chi connectivity index (χ3v) is 2.74. The Labute approximate surface area is 101 Å². The normalized spacial score (nSPS) is 10.7. The second-order valence-corrected chi connectivity index (χ2v) is 3.89. The number of oxazole rings is 1. The van der Waals surface area contributed by atoms with Crippen LogP contribution in [0.15, 0.2) is 33.7 Å². The molecule has 0 fully saturated rings. The van der Waals surface area contributed by atoms with Crippen molar-refractivity contribution in [3.05, 3.63) is 40.8 Å². The third-order valence-electron chi connectivity index (χ3n) is 2.74. The van der Waals surface area contributed by atoms with Gasteiger partial charge in [-0.3, -0.25) is 4.98 Å². The lowest BCUT2D eigenvalue weighted by atomic mass is 10.1. The molecular formula is C12H8N4O2. The van der Waals surface area contributed by atoms with Crippen LogP contribution in [0.5, 0.6) is 0 Å². The molecule has 18 heavy (non-hydrogen) atoms. The minimum absolute atomic E-state index is 0.472. The lowest BCUT2D eigenvalue weighted by Gasteiger charge is -1.98. The smallest absolute Gasteiger partial charge is 0.408 e. The quantitative estimate of drug-likeness (QED) is 0.696. The number of nitrogens with zero attached hydrogens (tertiary/aromatic N) is 3. The molecule has 6 heteroatoms. The minimum Gasteiger partial charge on any atom is -0.408 e. The van der Waals surface area contributed by atoms with E-state index in [9.17, 15) is 4.79 Å². The maximum Gasteiger partial charge on any atom is 0.417 e. The van der Waals surface area contributed by atoms with Gasteiger partial charge in [0.05, 0.1) is 11.8 Å². The fourth-order valence-electron chi connectivity index (χ4n) is 1.87. The zero-order chi connectivity index (χ0) is 12.7. The molecule has 2 heterocycles. The first-order valence-corrected chi connectivity index (χ1v) is 5.23. The van der Waals surface area contributed by atoms with Crippen molar-refractivity contribution in [1.29, 1.82) is 5.26 Å². The molecular weight excluding hydrogens is 232 g/mol.